The Morgan fingerprint density at radius 2 is 1.56 bits per heavy atom. The summed E-state index contributed by atoms with van der Waals surface area (Å²) in [5.41, 5.74) is -0.357. The van der Waals surface area contributed by atoms with Crippen LogP contribution in [-0.4, -0.2) is 121 Å². The Balaban J connectivity index is 2.87. The lowest BCUT2D eigenvalue weighted by atomic mass is 9.98. The molecule has 27 heavy (non-hydrogen) atoms. The fraction of sp³-hybridized carbons (Fsp3) is 1.00. The van der Waals surface area contributed by atoms with Crippen LogP contribution in [0.5, 0.6) is 0 Å². The highest BCUT2D eigenvalue weighted by molar-refractivity contribution is 4.91. The van der Waals surface area contributed by atoms with Gasteiger partial charge in [0.15, 0.2) is 6.29 Å². The van der Waals surface area contributed by atoms with Gasteiger partial charge in [0.2, 0.25) is 0 Å². The van der Waals surface area contributed by atoms with E-state index in [1.165, 1.54) is 0 Å². The SMILES string of the molecule is CC(C)(C)NCC(O)C(O)C(OC1OC(CO)C(O)C(O)C1O)C(O)CO. The van der Waals surface area contributed by atoms with Crippen molar-refractivity contribution in [2.45, 2.75) is 81.4 Å². The molecule has 11 heteroatoms. The van der Waals surface area contributed by atoms with E-state index in [4.69, 9.17) is 9.47 Å². The summed E-state index contributed by atoms with van der Waals surface area (Å²) in [6.45, 7) is 3.97. The maximum absolute atomic E-state index is 10.3. The first-order chi connectivity index (χ1) is 12.4. The molecule has 1 aliphatic heterocycles. The fourth-order valence-corrected chi connectivity index (χ4v) is 2.59. The van der Waals surface area contributed by atoms with Gasteiger partial charge in [-0.1, -0.05) is 0 Å². The largest absolute Gasteiger partial charge is 0.394 e. The van der Waals surface area contributed by atoms with Crippen LogP contribution in [0.2, 0.25) is 0 Å². The Hall–Kier alpha value is -0.440. The third kappa shape index (κ3) is 6.84. The molecule has 1 heterocycles. The Kier molecular flexibility index (Phi) is 9.45. The first-order valence-corrected chi connectivity index (χ1v) is 8.79. The van der Waals surface area contributed by atoms with Gasteiger partial charge in [0.25, 0.3) is 0 Å². The van der Waals surface area contributed by atoms with Crippen LogP contribution in [0.4, 0.5) is 0 Å². The summed E-state index contributed by atoms with van der Waals surface area (Å²) in [4.78, 5) is 0. The second-order valence-corrected chi connectivity index (χ2v) is 7.74. The van der Waals surface area contributed by atoms with Crippen molar-refractivity contribution >= 4 is 0 Å². The van der Waals surface area contributed by atoms with Crippen LogP contribution in [0.1, 0.15) is 20.8 Å². The van der Waals surface area contributed by atoms with E-state index in [-0.39, 0.29) is 12.1 Å². The molecule has 1 fully saturated rings. The first-order valence-electron chi connectivity index (χ1n) is 8.79. The average molecular weight is 399 g/mol. The first kappa shape index (κ1) is 24.6. The number of aliphatic hydroxyl groups is 8. The Bertz CT molecular complexity index is 432. The van der Waals surface area contributed by atoms with Crippen LogP contribution >= 0.6 is 0 Å². The van der Waals surface area contributed by atoms with E-state index in [0.717, 1.165) is 0 Å². The molecule has 0 radical (unpaired) electrons. The molecule has 1 aliphatic rings. The lowest BCUT2D eigenvalue weighted by Gasteiger charge is -2.42. The van der Waals surface area contributed by atoms with Crippen LogP contribution in [0.3, 0.4) is 0 Å². The summed E-state index contributed by atoms with van der Waals surface area (Å²) in [7, 11) is 0. The summed E-state index contributed by atoms with van der Waals surface area (Å²) in [5.74, 6) is 0. The molecule has 11 nitrogen and oxygen atoms in total. The van der Waals surface area contributed by atoms with Crippen molar-refractivity contribution in [2.24, 2.45) is 0 Å². The van der Waals surface area contributed by atoms with Gasteiger partial charge in [-0.2, -0.15) is 0 Å². The second-order valence-electron chi connectivity index (χ2n) is 7.74. The zero-order chi connectivity index (χ0) is 20.9. The highest BCUT2D eigenvalue weighted by Gasteiger charge is 2.46. The quantitative estimate of drug-likeness (QED) is 0.182. The number of hydrogen-bond acceptors (Lipinski definition) is 11. The van der Waals surface area contributed by atoms with Crippen LogP contribution in [0, 0.1) is 0 Å². The summed E-state index contributed by atoms with van der Waals surface area (Å²) in [6, 6.07) is 0. The van der Waals surface area contributed by atoms with E-state index in [2.05, 4.69) is 5.32 Å². The molecule has 0 bridgehead atoms. The van der Waals surface area contributed by atoms with Gasteiger partial charge in [0.05, 0.1) is 19.3 Å². The number of nitrogens with one attached hydrogen (secondary N) is 1. The van der Waals surface area contributed by atoms with E-state index in [1.807, 2.05) is 20.8 Å². The number of aliphatic hydroxyl groups excluding tert-OH is 8. The summed E-state index contributed by atoms with van der Waals surface area (Å²) in [6.07, 6.45) is -14.3. The van der Waals surface area contributed by atoms with E-state index in [9.17, 15) is 40.9 Å². The second kappa shape index (κ2) is 10.4. The molecule has 0 aromatic rings. The molecule has 1 saturated heterocycles. The third-order valence-electron chi connectivity index (χ3n) is 4.28. The van der Waals surface area contributed by atoms with Crippen LogP contribution in [0.25, 0.3) is 0 Å². The molecular weight excluding hydrogens is 366 g/mol. The lowest BCUT2D eigenvalue weighted by molar-refractivity contribution is -0.327. The zero-order valence-electron chi connectivity index (χ0n) is 15.7. The van der Waals surface area contributed by atoms with Crippen molar-refractivity contribution in [2.75, 3.05) is 19.8 Å². The van der Waals surface area contributed by atoms with Gasteiger partial charge in [0.1, 0.15) is 42.7 Å². The van der Waals surface area contributed by atoms with Crippen molar-refractivity contribution in [3.05, 3.63) is 0 Å². The van der Waals surface area contributed by atoms with Gasteiger partial charge >= 0.3 is 0 Å². The normalized spacial score (nSPS) is 34.1. The minimum atomic E-state index is -1.76. The molecule has 9 unspecified atom stereocenters. The minimum Gasteiger partial charge on any atom is -0.394 e. The number of ether oxygens (including phenoxy) is 2. The molecule has 0 amide bonds. The predicted molar refractivity (Wildman–Crippen MR) is 91.5 cm³/mol. The Morgan fingerprint density at radius 3 is 2.04 bits per heavy atom. The van der Waals surface area contributed by atoms with Crippen molar-refractivity contribution in [3.63, 3.8) is 0 Å². The monoisotopic (exact) mass is 399 g/mol. The molecule has 0 aromatic heterocycles. The maximum atomic E-state index is 10.3. The van der Waals surface area contributed by atoms with Crippen molar-refractivity contribution in [1.29, 1.82) is 0 Å². The molecule has 0 aliphatic carbocycles. The van der Waals surface area contributed by atoms with Gasteiger partial charge in [-0.25, -0.2) is 0 Å². The Labute approximate surface area is 157 Å². The molecule has 1 rings (SSSR count). The standard InChI is InChI=1S/C16H33NO10/c1-16(2,3)17-4-7(20)10(22)14(8(21)5-18)27-15-13(25)12(24)11(23)9(6-19)26-15/h7-15,17-25H,4-6H2,1-3H3. The number of rotatable bonds is 9. The van der Waals surface area contributed by atoms with Gasteiger partial charge in [-0.15, -0.1) is 0 Å². The molecule has 9 N–H and O–H groups in total. The van der Waals surface area contributed by atoms with E-state index < -0.39 is 68.3 Å². The summed E-state index contributed by atoms with van der Waals surface area (Å²) >= 11 is 0. The molecule has 0 spiro atoms. The van der Waals surface area contributed by atoms with Gasteiger partial charge in [-0.3, -0.25) is 0 Å². The number of β-amino-alcohol motifs (C(OH)–C–C–N with tert-alkyl or cyclic N) is 1. The van der Waals surface area contributed by atoms with E-state index in [1.54, 1.807) is 0 Å². The van der Waals surface area contributed by atoms with Crippen molar-refractivity contribution in [3.8, 4) is 0 Å². The molecular formula is C16H33NO10. The number of hydrogen-bond donors (Lipinski definition) is 9. The molecule has 9 atom stereocenters. The van der Waals surface area contributed by atoms with E-state index in [0.29, 0.717) is 0 Å². The van der Waals surface area contributed by atoms with Gasteiger partial charge in [-0.05, 0) is 20.8 Å². The maximum Gasteiger partial charge on any atom is 0.187 e. The average Bonchev–Trinajstić information content (AvgIpc) is 2.61. The topological polar surface area (TPSA) is 192 Å². The van der Waals surface area contributed by atoms with Crippen molar-refractivity contribution in [1.82, 2.24) is 5.32 Å². The zero-order valence-corrected chi connectivity index (χ0v) is 15.7. The van der Waals surface area contributed by atoms with Crippen molar-refractivity contribution < 1.29 is 50.3 Å². The smallest absolute Gasteiger partial charge is 0.187 e. The highest BCUT2D eigenvalue weighted by Crippen LogP contribution is 2.25. The lowest BCUT2D eigenvalue weighted by Crippen LogP contribution is -2.62. The summed E-state index contributed by atoms with van der Waals surface area (Å²) < 4.78 is 10.5. The van der Waals surface area contributed by atoms with Crippen LogP contribution < -0.4 is 5.32 Å². The van der Waals surface area contributed by atoms with Crippen LogP contribution in [-0.2, 0) is 9.47 Å². The third-order valence-corrected chi connectivity index (χ3v) is 4.28. The fourth-order valence-electron chi connectivity index (χ4n) is 2.59. The molecule has 162 valence electrons. The highest BCUT2D eigenvalue weighted by atomic mass is 16.7. The van der Waals surface area contributed by atoms with Gasteiger partial charge in [0, 0.05) is 12.1 Å². The summed E-state index contributed by atoms with van der Waals surface area (Å²) in [5, 5.41) is 81.4. The molecule has 0 saturated carbocycles. The predicted octanol–water partition coefficient (Wildman–Crippen LogP) is -4.37. The Morgan fingerprint density at radius 1 is 0.963 bits per heavy atom. The van der Waals surface area contributed by atoms with Gasteiger partial charge < -0.3 is 55.6 Å². The van der Waals surface area contributed by atoms with Crippen LogP contribution in [0.15, 0.2) is 0 Å². The van der Waals surface area contributed by atoms with E-state index >= 15 is 0 Å². The molecule has 0 aromatic carbocycles. The minimum absolute atomic E-state index is 0.0582.